The first-order valence-electron chi connectivity index (χ1n) is 6.19. The van der Waals surface area contributed by atoms with Crippen molar-refractivity contribution < 1.29 is 5.11 Å². The van der Waals surface area contributed by atoms with Crippen LogP contribution in [0.15, 0.2) is 17.5 Å². The van der Waals surface area contributed by atoms with Crippen LogP contribution in [0.1, 0.15) is 37.1 Å². The van der Waals surface area contributed by atoms with Gasteiger partial charge in [-0.15, -0.1) is 11.3 Å². The Morgan fingerprint density at radius 3 is 3.00 bits per heavy atom. The van der Waals surface area contributed by atoms with Gasteiger partial charge in [-0.25, -0.2) is 0 Å². The van der Waals surface area contributed by atoms with Crippen molar-refractivity contribution in [3.8, 4) is 0 Å². The van der Waals surface area contributed by atoms with Gasteiger partial charge in [0.2, 0.25) is 0 Å². The standard InChI is InChI=1S/C13H21NOS/c1-10(13-6-3-7-16-13)14-8-11-4-2-5-12(11)9-15/h3,6-7,10-12,14-15H,2,4-5,8-9H2,1H3. The van der Waals surface area contributed by atoms with Crippen LogP contribution in [-0.2, 0) is 0 Å². The molecule has 2 rings (SSSR count). The zero-order valence-electron chi connectivity index (χ0n) is 9.86. The summed E-state index contributed by atoms with van der Waals surface area (Å²) >= 11 is 1.81. The number of rotatable bonds is 5. The Morgan fingerprint density at radius 1 is 1.50 bits per heavy atom. The minimum Gasteiger partial charge on any atom is -0.396 e. The van der Waals surface area contributed by atoms with E-state index >= 15 is 0 Å². The molecule has 0 aliphatic heterocycles. The summed E-state index contributed by atoms with van der Waals surface area (Å²) in [6, 6.07) is 4.73. The maximum atomic E-state index is 9.26. The fourth-order valence-electron chi connectivity index (χ4n) is 2.59. The van der Waals surface area contributed by atoms with E-state index in [-0.39, 0.29) is 0 Å². The molecule has 2 N–H and O–H groups in total. The second-order valence-electron chi connectivity index (χ2n) is 4.78. The molecule has 0 aromatic carbocycles. The molecule has 1 aliphatic carbocycles. The van der Waals surface area contributed by atoms with Crippen molar-refractivity contribution in [2.45, 2.75) is 32.2 Å². The lowest BCUT2D eigenvalue weighted by Crippen LogP contribution is -2.28. The molecule has 0 bridgehead atoms. The number of thiophene rings is 1. The van der Waals surface area contributed by atoms with Crippen molar-refractivity contribution in [3.05, 3.63) is 22.4 Å². The van der Waals surface area contributed by atoms with E-state index in [1.807, 2.05) is 11.3 Å². The first-order chi connectivity index (χ1) is 7.81. The van der Waals surface area contributed by atoms with Crippen molar-refractivity contribution in [1.82, 2.24) is 5.32 Å². The smallest absolute Gasteiger partial charge is 0.0462 e. The molecular weight excluding hydrogens is 218 g/mol. The maximum absolute atomic E-state index is 9.26. The quantitative estimate of drug-likeness (QED) is 0.828. The van der Waals surface area contributed by atoms with Crippen LogP contribution >= 0.6 is 11.3 Å². The molecule has 1 fully saturated rings. The first-order valence-corrected chi connectivity index (χ1v) is 7.07. The van der Waals surface area contributed by atoms with Gasteiger partial charge in [-0.1, -0.05) is 12.5 Å². The molecule has 90 valence electrons. The van der Waals surface area contributed by atoms with E-state index < -0.39 is 0 Å². The van der Waals surface area contributed by atoms with Gasteiger partial charge in [0.1, 0.15) is 0 Å². The highest BCUT2D eigenvalue weighted by atomic mass is 32.1. The Labute approximate surface area is 102 Å². The maximum Gasteiger partial charge on any atom is 0.0462 e. The molecule has 1 saturated carbocycles. The summed E-state index contributed by atoms with van der Waals surface area (Å²) in [4.78, 5) is 1.40. The van der Waals surface area contributed by atoms with E-state index in [4.69, 9.17) is 0 Å². The van der Waals surface area contributed by atoms with E-state index in [2.05, 4.69) is 29.8 Å². The summed E-state index contributed by atoms with van der Waals surface area (Å²) in [5.41, 5.74) is 0. The number of aliphatic hydroxyl groups is 1. The molecule has 3 heteroatoms. The molecule has 0 amide bonds. The highest BCUT2D eigenvalue weighted by Gasteiger charge is 2.26. The van der Waals surface area contributed by atoms with Gasteiger partial charge in [0.15, 0.2) is 0 Å². The monoisotopic (exact) mass is 239 g/mol. The Balaban J connectivity index is 1.78. The minimum absolute atomic E-state index is 0.361. The van der Waals surface area contributed by atoms with Gasteiger partial charge in [0.25, 0.3) is 0 Å². The Hall–Kier alpha value is -0.380. The number of aliphatic hydroxyl groups excluding tert-OH is 1. The zero-order valence-corrected chi connectivity index (χ0v) is 10.7. The molecule has 16 heavy (non-hydrogen) atoms. The largest absolute Gasteiger partial charge is 0.396 e. The summed E-state index contributed by atoms with van der Waals surface area (Å²) in [7, 11) is 0. The van der Waals surface area contributed by atoms with Gasteiger partial charge in [0.05, 0.1) is 0 Å². The second kappa shape index (κ2) is 5.80. The second-order valence-corrected chi connectivity index (χ2v) is 5.76. The molecule has 1 aromatic rings. The van der Waals surface area contributed by atoms with Gasteiger partial charge < -0.3 is 10.4 Å². The molecule has 1 aliphatic rings. The molecule has 0 saturated heterocycles. The normalized spacial score (nSPS) is 27.1. The van der Waals surface area contributed by atoms with Crippen LogP contribution in [0.2, 0.25) is 0 Å². The van der Waals surface area contributed by atoms with Gasteiger partial charge in [0, 0.05) is 17.5 Å². The van der Waals surface area contributed by atoms with Crippen LogP contribution in [0, 0.1) is 11.8 Å². The van der Waals surface area contributed by atoms with Crippen LogP contribution in [0.3, 0.4) is 0 Å². The summed E-state index contributed by atoms with van der Waals surface area (Å²) in [5, 5.41) is 15.0. The summed E-state index contributed by atoms with van der Waals surface area (Å²) in [6.07, 6.45) is 3.76. The average molecular weight is 239 g/mol. The number of nitrogens with one attached hydrogen (secondary N) is 1. The Morgan fingerprint density at radius 2 is 2.31 bits per heavy atom. The lowest BCUT2D eigenvalue weighted by Gasteiger charge is -2.20. The van der Waals surface area contributed by atoms with E-state index in [1.165, 1.54) is 24.1 Å². The van der Waals surface area contributed by atoms with Crippen LogP contribution < -0.4 is 5.32 Å². The molecular formula is C13H21NOS. The lowest BCUT2D eigenvalue weighted by molar-refractivity contribution is 0.191. The molecule has 3 atom stereocenters. The van der Waals surface area contributed by atoms with Crippen molar-refractivity contribution in [1.29, 1.82) is 0 Å². The highest BCUT2D eigenvalue weighted by molar-refractivity contribution is 7.10. The predicted octanol–water partition coefficient (Wildman–Crippen LogP) is 2.81. The van der Waals surface area contributed by atoms with E-state index in [0.717, 1.165) is 6.54 Å². The van der Waals surface area contributed by atoms with Crippen molar-refractivity contribution in [2.24, 2.45) is 11.8 Å². The van der Waals surface area contributed by atoms with Crippen molar-refractivity contribution in [2.75, 3.05) is 13.2 Å². The topological polar surface area (TPSA) is 32.3 Å². The Bertz CT molecular complexity index is 299. The first kappa shape index (κ1) is 12.1. The number of hydrogen-bond acceptors (Lipinski definition) is 3. The number of hydrogen-bond donors (Lipinski definition) is 2. The summed E-state index contributed by atoms with van der Waals surface area (Å²) in [5.74, 6) is 1.20. The van der Waals surface area contributed by atoms with Crippen molar-refractivity contribution in [3.63, 3.8) is 0 Å². The van der Waals surface area contributed by atoms with Crippen LogP contribution in [0.25, 0.3) is 0 Å². The van der Waals surface area contributed by atoms with Crippen LogP contribution in [0.4, 0.5) is 0 Å². The third kappa shape index (κ3) is 2.84. The molecule has 0 spiro atoms. The Kier molecular flexibility index (Phi) is 4.38. The minimum atomic E-state index is 0.361. The van der Waals surface area contributed by atoms with Gasteiger partial charge in [-0.2, -0.15) is 0 Å². The van der Waals surface area contributed by atoms with Crippen molar-refractivity contribution >= 4 is 11.3 Å². The molecule has 1 aromatic heterocycles. The van der Waals surface area contributed by atoms with Crippen LogP contribution in [-0.4, -0.2) is 18.3 Å². The van der Waals surface area contributed by atoms with E-state index in [0.29, 0.717) is 24.5 Å². The molecule has 3 unspecified atom stereocenters. The van der Waals surface area contributed by atoms with Gasteiger partial charge in [-0.05, 0) is 49.6 Å². The SMILES string of the molecule is CC(NCC1CCCC1CO)c1cccs1. The fraction of sp³-hybridized carbons (Fsp3) is 0.692. The predicted molar refractivity (Wildman–Crippen MR) is 68.7 cm³/mol. The summed E-state index contributed by atoms with van der Waals surface area (Å²) < 4.78 is 0. The average Bonchev–Trinajstić information content (AvgIpc) is 2.96. The lowest BCUT2D eigenvalue weighted by atomic mass is 9.97. The third-order valence-corrected chi connectivity index (χ3v) is 4.76. The van der Waals surface area contributed by atoms with Gasteiger partial charge >= 0.3 is 0 Å². The fourth-order valence-corrected chi connectivity index (χ4v) is 3.35. The van der Waals surface area contributed by atoms with Crippen LogP contribution in [0.5, 0.6) is 0 Å². The van der Waals surface area contributed by atoms with E-state index in [9.17, 15) is 5.11 Å². The highest BCUT2D eigenvalue weighted by Crippen LogP contribution is 2.31. The van der Waals surface area contributed by atoms with E-state index in [1.54, 1.807) is 0 Å². The zero-order chi connectivity index (χ0) is 11.4. The molecule has 1 heterocycles. The third-order valence-electron chi connectivity index (χ3n) is 3.71. The molecule has 2 nitrogen and oxygen atoms in total. The van der Waals surface area contributed by atoms with Gasteiger partial charge in [-0.3, -0.25) is 0 Å². The molecule has 0 radical (unpaired) electrons. The summed E-state index contributed by atoms with van der Waals surface area (Å²) in [6.45, 7) is 3.62.